The molecule has 130 valence electrons. The van der Waals surface area contributed by atoms with E-state index in [1.807, 2.05) is 32.9 Å². The number of hydrogen-bond acceptors (Lipinski definition) is 4. The van der Waals surface area contributed by atoms with Crippen LogP contribution in [0.15, 0.2) is 30.3 Å². The lowest BCUT2D eigenvalue weighted by atomic mass is 10.1. The van der Waals surface area contributed by atoms with Gasteiger partial charge in [-0.2, -0.15) is 0 Å². The average Bonchev–Trinajstić information content (AvgIpc) is 2.53. The summed E-state index contributed by atoms with van der Waals surface area (Å²) in [4.78, 5) is 23.5. The van der Waals surface area contributed by atoms with Gasteiger partial charge >= 0.3 is 0 Å². The van der Waals surface area contributed by atoms with Gasteiger partial charge in [-0.25, -0.2) is 0 Å². The molecule has 25 heavy (non-hydrogen) atoms. The molecule has 0 saturated heterocycles. The van der Waals surface area contributed by atoms with Crippen molar-refractivity contribution in [1.82, 2.24) is 0 Å². The summed E-state index contributed by atoms with van der Waals surface area (Å²) in [6.45, 7) is 5.85. The molecule has 0 bridgehead atoms. The highest BCUT2D eigenvalue weighted by atomic mass is 16.5. The minimum atomic E-state index is -0.276. The van der Waals surface area contributed by atoms with Gasteiger partial charge in [0.15, 0.2) is 13.2 Å². The van der Waals surface area contributed by atoms with Crippen LogP contribution < -0.4 is 20.1 Å². The van der Waals surface area contributed by atoms with Gasteiger partial charge in [-0.15, -0.1) is 0 Å². The minimum Gasteiger partial charge on any atom is -0.483 e. The Labute approximate surface area is 146 Å². The minimum absolute atomic E-state index is 0.00178. The summed E-state index contributed by atoms with van der Waals surface area (Å²) in [5.74, 6) is 0.818. The van der Waals surface area contributed by atoms with E-state index >= 15 is 0 Å². The first kappa shape index (κ1) is 16.8. The number of nitrogens with one attached hydrogen (secondary N) is 2. The predicted octanol–water partition coefficient (Wildman–Crippen LogP) is 2.96. The molecule has 0 unspecified atom stereocenters. The molecule has 0 saturated carbocycles. The van der Waals surface area contributed by atoms with Gasteiger partial charge in [0.2, 0.25) is 0 Å². The molecule has 2 N–H and O–H groups in total. The van der Waals surface area contributed by atoms with Gasteiger partial charge in [0.25, 0.3) is 11.8 Å². The quantitative estimate of drug-likeness (QED) is 0.897. The number of anilines is 2. The van der Waals surface area contributed by atoms with Crippen LogP contribution in [-0.4, -0.2) is 25.0 Å². The number of carbonyl (C=O) groups excluding carboxylic acids is 2. The Morgan fingerprint density at radius 2 is 1.92 bits per heavy atom. The first-order valence-corrected chi connectivity index (χ1v) is 7.99. The van der Waals surface area contributed by atoms with E-state index in [0.717, 1.165) is 22.4 Å². The van der Waals surface area contributed by atoms with Crippen molar-refractivity contribution in [2.75, 3.05) is 23.8 Å². The first-order chi connectivity index (χ1) is 11.9. The molecule has 2 aromatic carbocycles. The van der Waals surface area contributed by atoms with Crippen LogP contribution in [0.2, 0.25) is 0 Å². The highest BCUT2D eigenvalue weighted by Gasteiger charge is 2.16. The number of amides is 2. The largest absolute Gasteiger partial charge is 0.483 e. The molecule has 3 rings (SSSR count). The molecule has 1 aliphatic rings. The molecule has 0 radical (unpaired) electrons. The summed E-state index contributed by atoms with van der Waals surface area (Å²) >= 11 is 0. The third-order valence-corrected chi connectivity index (χ3v) is 3.85. The van der Waals surface area contributed by atoms with Crippen molar-refractivity contribution in [3.05, 3.63) is 47.0 Å². The first-order valence-electron chi connectivity index (χ1n) is 7.99. The summed E-state index contributed by atoms with van der Waals surface area (Å²) in [6.07, 6.45) is 0. The van der Waals surface area contributed by atoms with E-state index in [2.05, 4.69) is 10.6 Å². The standard InChI is InChI=1S/C19H20N2O4/c1-11-6-12(2)19(13(3)7-11)25-10-17(22)20-14-4-5-16-15(8-14)21-18(23)9-24-16/h4-8H,9-10H2,1-3H3,(H,20,22)(H,21,23). The Balaban J connectivity index is 1.64. The summed E-state index contributed by atoms with van der Waals surface area (Å²) in [5, 5.41) is 5.46. The summed E-state index contributed by atoms with van der Waals surface area (Å²) in [6, 6.07) is 9.13. The topological polar surface area (TPSA) is 76.7 Å². The van der Waals surface area contributed by atoms with Crippen molar-refractivity contribution in [3.8, 4) is 11.5 Å². The fourth-order valence-corrected chi connectivity index (χ4v) is 2.89. The number of aryl methyl sites for hydroxylation is 3. The summed E-state index contributed by atoms with van der Waals surface area (Å²) in [5.41, 5.74) is 4.26. The summed E-state index contributed by atoms with van der Waals surface area (Å²) in [7, 11) is 0. The van der Waals surface area contributed by atoms with E-state index in [9.17, 15) is 9.59 Å². The van der Waals surface area contributed by atoms with Crippen LogP contribution in [0, 0.1) is 20.8 Å². The maximum Gasteiger partial charge on any atom is 0.262 e. The molecular weight excluding hydrogens is 320 g/mol. The van der Waals surface area contributed by atoms with Crippen molar-refractivity contribution in [2.45, 2.75) is 20.8 Å². The molecule has 2 amide bonds. The SMILES string of the molecule is Cc1cc(C)c(OCC(=O)Nc2ccc3c(c2)NC(=O)CO3)c(C)c1. The van der Waals surface area contributed by atoms with E-state index in [1.165, 1.54) is 0 Å². The zero-order chi connectivity index (χ0) is 18.0. The molecule has 1 aliphatic heterocycles. The lowest BCUT2D eigenvalue weighted by Crippen LogP contribution is -2.25. The van der Waals surface area contributed by atoms with Crippen LogP contribution in [0.4, 0.5) is 11.4 Å². The Bertz CT molecular complexity index is 822. The van der Waals surface area contributed by atoms with Crippen LogP contribution >= 0.6 is 0 Å². The normalized spacial score (nSPS) is 12.7. The van der Waals surface area contributed by atoms with E-state index < -0.39 is 0 Å². The van der Waals surface area contributed by atoms with Crippen LogP contribution in [0.3, 0.4) is 0 Å². The van der Waals surface area contributed by atoms with Crippen molar-refractivity contribution < 1.29 is 19.1 Å². The van der Waals surface area contributed by atoms with Gasteiger partial charge in [-0.3, -0.25) is 9.59 Å². The Morgan fingerprint density at radius 1 is 1.20 bits per heavy atom. The molecule has 2 aromatic rings. The third-order valence-electron chi connectivity index (χ3n) is 3.85. The molecule has 0 atom stereocenters. The fourth-order valence-electron chi connectivity index (χ4n) is 2.89. The second kappa shape index (κ2) is 6.84. The molecule has 6 nitrogen and oxygen atoms in total. The van der Waals surface area contributed by atoms with Crippen LogP contribution in [0.1, 0.15) is 16.7 Å². The number of rotatable bonds is 4. The van der Waals surface area contributed by atoms with Crippen LogP contribution in [0.5, 0.6) is 11.5 Å². The van der Waals surface area contributed by atoms with Gasteiger partial charge in [0.1, 0.15) is 11.5 Å². The van der Waals surface area contributed by atoms with Crippen molar-refractivity contribution in [1.29, 1.82) is 0 Å². The average molecular weight is 340 g/mol. The third kappa shape index (κ3) is 3.91. The number of carbonyl (C=O) groups is 2. The number of ether oxygens (including phenoxy) is 2. The van der Waals surface area contributed by atoms with E-state index in [4.69, 9.17) is 9.47 Å². The van der Waals surface area contributed by atoms with Crippen molar-refractivity contribution >= 4 is 23.2 Å². The number of benzene rings is 2. The summed E-state index contributed by atoms with van der Waals surface area (Å²) < 4.78 is 11.0. The van der Waals surface area contributed by atoms with E-state index in [1.54, 1.807) is 18.2 Å². The van der Waals surface area contributed by atoms with Crippen LogP contribution in [0.25, 0.3) is 0 Å². The molecule has 0 aliphatic carbocycles. The number of fused-ring (bicyclic) bond motifs is 1. The molecule has 6 heteroatoms. The highest BCUT2D eigenvalue weighted by molar-refractivity contribution is 5.97. The molecule has 0 spiro atoms. The van der Waals surface area contributed by atoms with Crippen LogP contribution in [-0.2, 0) is 9.59 Å². The smallest absolute Gasteiger partial charge is 0.262 e. The second-order valence-electron chi connectivity index (χ2n) is 6.11. The molecule has 0 aromatic heterocycles. The Hall–Kier alpha value is -3.02. The van der Waals surface area contributed by atoms with Gasteiger partial charge in [-0.05, 0) is 50.1 Å². The zero-order valence-corrected chi connectivity index (χ0v) is 14.4. The highest BCUT2D eigenvalue weighted by Crippen LogP contribution is 2.30. The van der Waals surface area contributed by atoms with Gasteiger partial charge in [0, 0.05) is 5.69 Å². The molecular formula is C19H20N2O4. The maximum absolute atomic E-state index is 12.2. The van der Waals surface area contributed by atoms with Crippen molar-refractivity contribution in [2.24, 2.45) is 0 Å². The maximum atomic E-state index is 12.2. The monoisotopic (exact) mass is 340 g/mol. The van der Waals surface area contributed by atoms with E-state index in [0.29, 0.717) is 17.1 Å². The van der Waals surface area contributed by atoms with Crippen molar-refractivity contribution in [3.63, 3.8) is 0 Å². The Kier molecular flexibility index (Phi) is 4.61. The Morgan fingerprint density at radius 3 is 2.64 bits per heavy atom. The van der Waals surface area contributed by atoms with Gasteiger partial charge in [-0.1, -0.05) is 17.7 Å². The molecule has 1 heterocycles. The van der Waals surface area contributed by atoms with Gasteiger partial charge in [0.05, 0.1) is 5.69 Å². The van der Waals surface area contributed by atoms with E-state index in [-0.39, 0.29) is 25.0 Å². The second-order valence-corrected chi connectivity index (χ2v) is 6.11. The predicted molar refractivity (Wildman–Crippen MR) is 95.3 cm³/mol. The van der Waals surface area contributed by atoms with Gasteiger partial charge < -0.3 is 20.1 Å². The fraction of sp³-hybridized carbons (Fsp3) is 0.263. The number of hydrogen-bond donors (Lipinski definition) is 2. The lowest BCUT2D eigenvalue weighted by Gasteiger charge is -2.18. The zero-order valence-electron chi connectivity index (χ0n) is 14.4. The molecule has 0 fully saturated rings. The lowest BCUT2D eigenvalue weighted by molar-refractivity contribution is -0.119.